The number of hydrogen-bond donors (Lipinski definition) is 2. The molecule has 27 heavy (non-hydrogen) atoms. The second-order valence-corrected chi connectivity index (χ2v) is 7.96. The van der Waals surface area contributed by atoms with Gasteiger partial charge in [0.1, 0.15) is 5.82 Å². The van der Waals surface area contributed by atoms with E-state index in [9.17, 15) is 4.79 Å². The van der Waals surface area contributed by atoms with Crippen molar-refractivity contribution in [3.8, 4) is 0 Å². The van der Waals surface area contributed by atoms with Gasteiger partial charge in [0.15, 0.2) is 0 Å². The topological polar surface area (TPSA) is 62.2 Å². The Labute approximate surface area is 165 Å². The van der Waals surface area contributed by atoms with Crippen LogP contribution in [0.25, 0.3) is 0 Å². The van der Waals surface area contributed by atoms with Crippen LogP contribution in [0, 0.1) is 6.92 Å². The van der Waals surface area contributed by atoms with E-state index in [0.29, 0.717) is 6.04 Å². The van der Waals surface area contributed by atoms with Crippen molar-refractivity contribution in [2.75, 3.05) is 42.3 Å². The number of aryl methyl sites for hydroxylation is 1. The molecule has 2 heterocycles. The van der Waals surface area contributed by atoms with E-state index in [0.717, 1.165) is 43.0 Å². The van der Waals surface area contributed by atoms with Crippen molar-refractivity contribution in [3.05, 3.63) is 42.1 Å². The Morgan fingerprint density at radius 3 is 2.74 bits per heavy atom. The number of rotatable bonds is 7. The predicted octanol–water partition coefficient (Wildman–Crippen LogP) is 4.23. The van der Waals surface area contributed by atoms with Crippen LogP contribution in [0.5, 0.6) is 0 Å². The number of hydrogen-bond acceptors (Lipinski definition) is 4. The average molecular weight is 388 g/mol. The molecule has 6 nitrogen and oxygen atoms in total. The van der Waals surface area contributed by atoms with E-state index in [4.69, 9.17) is 0 Å². The molecular weight excluding hydrogens is 358 g/mol. The van der Waals surface area contributed by atoms with Gasteiger partial charge in [-0.05, 0) is 56.4 Å². The van der Waals surface area contributed by atoms with Gasteiger partial charge in [0.05, 0.1) is 12.2 Å². The second kappa shape index (κ2) is 9.80. The third-order valence-corrected chi connectivity index (χ3v) is 5.73. The Morgan fingerprint density at radius 1 is 1.22 bits per heavy atom. The fourth-order valence-electron chi connectivity index (χ4n) is 3.51. The molecule has 0 spiro atoms. The van der Waals surface area contributed by atoms with Crippen molar-refractivity contribution in [1.29, 1.82) is 0 Å². The minimum atomic E-state index is -0.236. The van der Waals surface area contributed by atoms with Gasteiger partial charge in [0, 0.05) is 24.8 Å². The lowest BCUT2D eigenvalue weighted by molar-refractivity contribution is 0.182. The predicted molar refractivity (Wildman–Crippen MR) is 114 cm³/mol. The smallest absolute Gasteiger partial charge is 0.307 e. The Balaban J connectivity index is 1.54. The summed E-state index contributed by atoms with van der Waals surface area (Å²) in [6.45, 7) is 5.34. The van der Waals surface area contributed by atoms with Crippen LogP contribution in [0.1, 0.15) is 30.9 Å². The van der Waals surface area contributed by atoms with Crippen LogP contribution in [-0.2, 0) is 0 Å². The third-order valence-electron chi connectivity index (χ3n) is 5.03. The molecule has 7 heteroatoms. The van der Waals surface area contributed by atoms with Crippen molar-refractivity contribution in [2.45, 2.75) is 32.2 Å². The molecule has 2 amide bonds. The van der Waals surface area contributed by atoms with Crippen molar-refractivity contribution in [3.63, 3.8) is 0 Å². The monoisotopic (exact) mass is 387 g/mol. The highest BCUT2D eigenvalue weighted by molar-refractivity contribution is 7.98. The van der Waals surface area contributed by atoms with Gasteiger partial charge in [-0.1, -0.05) is 18.2 Å². The van der Waals surface area contributed by atoms with Gasteiger partial charge in [-0.2, -0.15) is 16.9 Å². The molecular formula is C20H29N5OS. The molecule has 0 aliphatic carbocycles. The van der Waals surface area contributed by atoms with Gasteiger partial charge in [0.2, 0.25) is 0 Å². The number of likely N-dealkylation sites (tertiary alicyclic amines) is 1. The van der Waals surface area contributed by atoms with Crippen LogP contribution < -0.4 is 10.6 Å². The van der Waals surface area contributed by atoms with Crippen molar-refractivity contribution >= 4 is 29.3 Å². The summed E-state index contributed by atoms with van der Waals surface area (Å²) in [7, 11) is 0. The molecule has 3 rings (SSSR count). The van der Waals surface area contributed by atoms with E-state index in [2.05, 4.69) is 26.9 Å². The number of nitrogens with zero attached hydrogens (tertiary/aromatic N) is 3. The summed E-state index contributed by atoms with van der Waals surface area (Å²) in [5.41, 5.74) is 1.86. The van der Waals surface area contributed by atoms with Gasteiger partial charge in [-0.15, -0.1) is 0 Å². The molecule has 0 saturated carbocycles. The van der Waals surface area contributed by atoms with E-state index in [-0.39, 0.29) is 6.03 Å². The maximum Gasteiger partial charge on any atom is 0.324 e. The standard InChI is InChI=1S/C20H29N5OS/c1-16-6-3-4-7-18(16)22-20(26)23-19-8-11-21-25(19)17-9-13-24(14-10-17)12-5-15-27-2/h3-4,6-8,11,17H,5,9-10,12-15H2,1-2H3,(H2,22,23,26). The average Bonchev–Trinajstić information content (AvgIpc) is 3.12. The lowest BCUT2D eigenvalue weighted by Crippen LogP contribution is -2.36. The molecule has 0 radical (unpaired) electrons. The molecule has 1 saturated heterocycles. The third kappa shape index (κ3) is 5.49. The van der Waals surface area contributed by atoms with Crippen molar-refractivity contribution in [1.82, 2.24) is 14.7 Å². The fraction of sp³-hybridized carbons (Fsp3) is 0.500. The number of urea groups is 1. The first kappa shape index (κ1) is 19.8. The van der Waals surface area contributed by atoms with Gasteiger partial charge in [0.25, 0.3) is 0 Å². The minimum Gasteiger partial charge on any atom is -0.307 e. The van der Waals surface area contributed by atoms with Gasteiger partial charge in [-0.25, -0.2) is 9.48 Å². The normalized spacial score (nSPS) is 15.6. The molecule has 1 aromatic heterocycles. The second-order valence-electron chi connectivity index (χ2n) is 6.97. The lowest BCUT2D eigenvalue weighted by Gasteiger charge is -2.32. The first-order chi connectivity index (χ1) is 13.2. The summed E-state index contributed by atoms with van der Waals surface area (Å²) in [4.78, 5) is 14.9. The fourth-order valence-corrected chi connectivity index (χ4v) is 3.93. The number of piperidine rings is 1. The quantitative estimate of drug-likeness (QED) is 0.698. The molecule has 1 aliphatic rings. The Bertz CT molecular complexity index is 739. The van der Waals surface area contributed by atoms with Crippen LogP contribution in [-0.4, -0.2) is 52.4 Å². The molecule has 2 aromatic rings. The maximum absolute atomic E-state index is 12.4. The lowest BCUT2D eigenvalue weighted by atomic mass is 10.1. The number of benzene rings is 1. The Morgan fingerprint density at radius 2 is 2.00 bits per heavy atom. The molecule has 1 aromatic carbocycles. The summed E-state index contributed by atoms with van der Waals surface area (Å²) in [5, 5.41) is 10.3. The molecule has 0 atom stereocenters. The number of anilines is 2. The van der Waals surface area contributed by atoms with Crippen LogP contribution >= 0.6 is 11.8 Å². The molecule has 1 fully saturated rings. The summed E-state index contributed by atoms with van der Waals surface area (Å²) in [6, 6.07) is 9.72. The van der Waals surface area contributed by atoms with Crippen LogP contribution in [0.2, 0.25) is 0 Å². The number of thioether (sulfide) groups is 1. The molecule has 146 valence electrons. The van der Waals surface area contributed by atoms with Gasteiger partial charge < -0.3 is 10.2 Å². The van der Waals surface area contributed by atoms with Crippen molar-refractivity contribution in [2.24, 2.45) is 0 Å². The number of nitrogens with one attached hydrogen (secondary N) is 2. The number of carbonyl (C=O) groups excluding carboxylic acids is 1. The van der Waals surface area contributed by atoms with E-state index < -0.39 is 0 Å². The maximum atomic E-state index is 12.4. The molecule has 0 bridgehead atoms. The Hall–Kier alpha value is -1.99. The number of carbonyl (C=O) groups is 1. The summed E-state index contributed by atoms with van der Waals surface area (Å²) < 4.78 is 1.97. The molecule has 2 N–H and O–H groups in total. The van der Waals surface area contributed by atoms with Crippen LogP contribution in [0.4, 0.5) is 16.3 Å². The van der Waals surface area contributed by atoms with Gasteiger partial charge >= 0.3 is 6.03 Å². The molecule has 1 aliphatic heterocycles. The largest absolute Gasteiger partial charge is 0.324 e. The van der Waals surface area contributed by atoms with Crippen LogP contribution in [0.3, 0.4) is 0 Å². The van der Waals surface area contributed by atoms with E-state index in [1.807, 2.05) is 53.7 Å². The summed E-state index contributed by atoms with van der Waals surface area (Å²) >= 11 is 1.91. The highest BCUT2D eigenvalue weighted by Gasteiger charge is 2.23. The summed E-state index contributed by atoms with van der Waals surface area (Å²) in [6.07, 6.45) is 7.30. The zero-order valence-corrected chi connectivity index (χ0v) is 17.0. The SMILES string of the molecule is CSCCCN1CCC(n2nccc2NC(=O)Nc2ccccc2C)CC1. The summed E-state index contributed by atoms with van der Waals surface area (Å²) in [5.74, 6) is 1.98. The first-order valence-corrected chi connectivity index (χ1v) is 10.9. The Kier molecular flexibility index (Phi) is 7.18. The number of para-hydroxylation sites is 1. The number of amides is 2. The zero-order valence-electron chi connectivity index (χ0n) is 16.1. The van der Waals surface area contributed by atoms with E-state index >= 15 is 0 Å². The van der Waals surface area contributed by atoms with Gasteiger partial charge in [-0.3, -0.25) is 5.32 Å². The van der Waals surface area contributed by atoms with Crippen molar-refractivity contribution < 1.29 is 4.79 Å². The van der Waals surface area contributed by atoms with Crippen LogP contribution in [0.15, 0.2) is 36.5 Å². The highest BCUT2D eigenvalue weighted by Crippen LogP contribution is 2.25. The minimum absolute atomic E-state index is 0.236. The zero-order chi connectivity index (χ0) is 19.1. The molecule has 0 unspecified atom stereocenters. The van der Waals surface area contributed by atoms with E-state index in [1.54, 1.807) is 6.20 Å². The van der Waals surface area contributed by atoms with E-state index in [1.165, 1.54) is 18.7 Å². The highest BCUT2D eigenvalue weighted by atomic mass is 32.2. The number of aromatic nitrogens is 2. The first-order valence-electron chi connectivity index (χ1n) is 9.56.